The predicted molar refractivity (Wildman–Crippen MR) is 220 cm³/mol. The molecule has 9 rings (SSSR count). The lowest BCUT2D eigenvalue weighted by Crippen LogP contribution is -2.47. The molecule has 2 aliphatic heterocycles. The van der Waals surface area contributed by atoms with E-state index in [-0.39, 0.29) is 11.6 Å². The Morgan fingerprint density at radius 2 is 1.33 bits per heavy atom. The molecule has 7 aromatic rings. The standard InChI is InChI=1S/C22H21FN6O2.C20H19FN4OS/c1-30-13-20-26-27-22(29(20)16-4-6-21(31-2)25-10-16)28-11-14(12-28)17-7-8-24-19-9-15(23)3-5-18(17)19;1-26-19-6-4-15(10-23-19)24-20(27-2)25-11-13(12-25)16-7-8-22-18-9-14(21)3-5-17(16)18/h3-10,14H,11-13H2,1-2H3;3-10,13H,11-12H2,1-2H3. The number of rotatable bonds is 9. The maximum Gasteiger partial charge on any atom is 0.232 e. The number of anilines is 1. The third-order valence-corrected chi connectivity index (χ3v) is 10.9. The summed E-state index contributed by atoms with van der Waals surface area (Å²) in [5, 5.41) is 11.7. The molecule has 2 saturated heterocycles. The van der Waals surface area contributed by atoms with Crippen molar-refractivity contribution in [2.75, 3.05) is 58.7 Å². The minimum absolute atomic E-state index is 0.257. The van der Waals surface area contributed by atoms with Crippen LogP contribution in [0.25, 0.3) is 27.5 Å². The molecule has 13 nitrogen and oxygen atoms in total. The van der Waals surface area contributed by atoms with Crippen LogP contribution in [-0.2, 0) is 11.3 Å². The molecule has 5 aromatic heterocycles. The topological polar surface area (TPSA) is 129 Å². The van der Waals surface area contributed by atoms with Gasteiger partial charge in [0.25, 0.3) is 0 Å². The van der Waals surface area contributed by atoms with Crippen molar-refractivity contribution in [3.63, 3.8) is 0 Å². The average Bonchev–Trinajstić information content (AvgIpc) is 3.62. The van der Waals surface area contributed by atoms with Gasteiger partial charge >= 0.3 is 0 Å². The Hall–Kier alpha value is -6.26. The molecule has 2 aromatic carbocycles. The van der Waals surface area contributed by atoms with Crippen molar-refractivity contribution in [1.82, 2.24) is 39.6 Å². The molecular weight excluding hydrogens is 763 g/mol. The molecule has 2 aliphatic rings. The van der Waals surface area contributed by atoms with Gasteiger partial charge in [0.2, 0.25) is 17.7 Å². The summed E-state index contributed by atoms with van der Waals surface area (Å²) in [4.78, 5) is 26.2. The van der Waals surface area contributed by atoms with Crippen LogP contribution in [0.3, 0.4) is 0 Å². The fourth-order valence-electron chi connectivity index (χ4n) is 7.21. The number of benzene rings is 2. The van der Waals surface area contributed by atoms with Crippen molar-refractivity contribution in [2.24, 2.45) is 4.99 Å². The van der Waals surface area contributed by atoms with E-state index in [1.54, 1.807) is 76.1 Å². The fraction of sp³-hybridized carbons (Fsp3) is 0.262. The molecule has 0 saturated carbocycles. The Morgan fingerprint density at radius 3 is 1.86 bits per heavy atom. The van der Waals surface area contributed by atoms with Gasteiger partial charge < -0.3 is 24.0 Å². The molecule has 0 spiro atoms. The number of pyridine rings is 4. The van der Waals surface area contributed by atoms with E-state index in [0.717, 1.165) is 65.0 Å². The van der Waals surface area contributed by atoms with Crippen molar-refractivity contribution in [3.05, 3.63) is 126 Å². The number of hydrogen-bond acceptors (Lipinski definition) is 12. The van der Waals surface area contributed by atoms with Gasteiger partial charge in [-0.05, 0) is 65.9 Å². The van der Waals surface area contributed by atoms with Gasteiger partial charge in [-0.3, -0.25) is 14.5 Å². The van der Waals surface area contributed by atoms with E-state index in [4.69, 9.17) is 19.2 Å². The molecule has 296 valence electrons. The number of nitrogens with zero attached hydrogens (tertiary/aromatic N) is 10. The molecular formula is C42H40F2N10O3S. The summed E-state index contributed by atoms with van der Waals surface area (Å²) < 4.78 is 44.5. The molecule has 16 heteroatoms. The SMILES string of the molecule is COCc1nnc(N2CC(c3ccnc4cc(F)ccc34)C2)n1-c1ccc(OC)nc1.COc1ccc(N=C(SC)N2CC(c3ccnc4cc(F)ccc34)C2)cn1. The van der Waals surface area contributed by atoms with Crippen LogP contribution >= 0.6 is 11.8 Å². The third-order valence-electron chi connectivity index (χ3n) is 10.2. The van der Waals surface area contributed by atoms with Crippen LogP contribution in [0.4, 0.5) is 20.4 Å². The molecule has 2 fully saturated rings. The first-order valence-corrected chi connectivity index (χ1v) is 19.7. The number of hydrogen-bond donors (Lipinski definition) is 0. The maximum atomic E-state index is 13.6. The largest absolute Gasteiger partial charge is 0.481 e. The van der Waals surface area contributed by atoms with Gasteiger partial charge in [-0.1, -0.05) is 11.8 Å². The summed E-state index contributed by atoms with van der Waals surface area (Å²) >= 11 is 1.62. The number of aliphatic imine (C=N–C) groups is 1. The number of fused-ring (bicyclic) bond motifs is 2. The summed E-state index contributed by atoms with van der Waals surface area (Å²) in [7, 11) is 4.80. The van der Waals surface area contributed by atoms with Gasteiger partial charge in [0.15, 0.2) is 11.0 Å². The number of amidine groups is 1. The zero-order valence-corrected chi connectivity index (χ0v) is 33.1. The first-order chi connectivity index (χ1) is 28.3. The molecule has 0 atom stereocenters. The van der Waals surface area contributed by atoms with Crippen LogP contribution in [0.1, 0.15) is 28.8 Å². The van der Waals surface area contributed by atoms with Gasteiger partial charge in [0.1, 0.15) is 18.2 Å². The second-order valence-electron chi connectivity index (χ2n) is 13.7. The molecule has 58 heavy (non-hydrogen) atoms. The number of halogens is 2. The van der Waals surface area contributed by atoms with E-state index in [1.165, 1.54) is 29.8 Å². The molecule has 7 heterocycles. The number of aromatic nitrogens is 7. The van der Waals surface area contributed by atoms with Crippen LogP contribution in [-0.4, -0.2) is 98.5 Å². The summed E-state index contributed by atoms with van der Waals surface area (Å²) in [5.74, 6) is 2.68. The van der Waals surface area contributed by atoms with E-state index < -0.39 is 0 Å². The Kier molecular flexibility index (Phi) is 11.4. The third kappa shape index (κ3) is 7.97. The number of thioether (sulfide) groups is 1. The van der Waals surface area contributed by atoms with Gasteiger partial charge in [-0.15, -0.1) is 10.2 Å². The Labute approximate surface area is 337 Å². The number of methoxy groups -OCH3 is 3. The van der Waals surface area contributed by atoms with E-state index in [0.29, 0.717) is 47.1 Å². The highest BCUT2D eigenvalue weighted by atomic mass is 32.2. The van der Waals surface area contributed by atoms with Crippen molar-refractivity contribution in [1.29, 1.82) is 0 Å². The lowest BCUT2D eigenvalue weighted by molar-refractivity contribution is 0.176. The molecule has 0 unspecified atom stereocenters. The van der Waals surface area contributed by atoms with Crippen LogP contribution in [0.15, 0.2) is 103 Å². The van der Waals surface area contributed by atoms with Crippen molar-refractivity contribution < 1.29 is 23.0 Å². The minimum Gasteiger partial charge on any atom is -0.481 e. The van der Waals surface area contributed by atoms with Gasteiger partial charge in [0, 0.05) is 92.6 Å². The van der Waals surface area contributed by atoms with E-state index in [2.05, 4.69) is 39.9 Å². The number of ether oxygens (including phenoxy) is 3. The van der Waals surface area contributed by atoms with E-state index >= 15 is 0 Å². The predicted octanol–water partition coefficient (Wildman–Crippen LogP) is 7.34. The van der Waals surface area contributed by atoms with Crippen LogP contribution in [0, 0.1) is 11.6 Å². The fourth-order valence-corrected chi connectivity index (χ4v) is 7.81. The molecule has 0 bridgehead atoms. The first-order valence-electron chi connectivity index (χ1n) is 18.5. The quantitative estimate of drug-likeness (QED) is 0.107. The monoisotopic (exact) mass is 802 g/mol. The average molecular weight is 803 g/mol. The van der Waals surface area contributed by atoms with E-state index in [9.17, 15) is 8.78 Å². The zero-order chi connectivity index (χ0) is 40.2. The van der Waals surface area contributed by atoms with E-state index in [1.807, 2.05) is 41.2 Å². The summed E-state index contributed by atoms with van der Waals surface area (Å²) in [5.41, 5.74) is 5.38. The van der Waals surface area contributed by atoms with Crippen LogP contribution in [0.5, 0.6) is 11.8 Å². The highest BCUT2D eigenvalue weighted by Crippen LogP contribution is 2.36. The van der Waals surface area contributed by atoms with Gasteiger partial charge in [-0.25, -0.2) is 23.7 Å². The molecule has 0 radical (unpaired) electrons. The molecule has 0 aliphatic carbocycles. The van der Waals surface area contributed by atoms with Crippen molar-refractivity contribution in [3.8, 4) is 17.4 Å². The van der Waals surface area contributed by atoms with Crippen LogP contribution < -0.4 is 14.4 Å². The second-order valence-corrected chi connectivity index (χ2v) is 14.5. The smallest absolute Gasteiger partial charge is 0.232 e. The first kappa shape index (κ1) is 38.6. The normalized spacial score (nSPS) is 14.6. The van der Waals surface area contributed by atoms with Crippen LogP contribution in [0.2, 0.25) is 0 Å². The Balaban J connectivity index is 0.000000164. The van der Waals surface area contributed by atoms with Crippen molar-refractivity contribution in [2.45, 2.75) is 18.4 Å². The lowest BCUT2D eigenvalue weighted by atomic mass is 9.89. The van der Waals surface area contributed by atoms with Gasteiger partial charge in [-0.2, -0.15) is 0 Å². The highest BCUT2D eigenvalue weighted by Gasteiger charge is 2.34. The number of likely N-dealkylation sites (tertiary alicyclic amines) is 1. The Morgan fingerprint density at radius 1 is 0.724 bits per heavy atom. The Bertz CT molecular complexity index is 2560. The van der Waals surface area contributed by atoms with Crippen molar-refractivity contribution >= 4 is 50.4 Å². The molecule has 0 amide bonds. The zero-order valence-electron chi connectivity index (χ0n) is 32.3. The summed E-state index contributed by atoms with van der Waals surface area (Å²) in [6.45, 7) is 3.62. The minimum atomic E-state index is -0.278. The summed E-state index contributed by atoms with van der Waals surface area (Å²) in [6.07, 6.45) is 8.95. The summed E-state index contributed by atoms with van der Waals surface area (Å²) in [6, 6.07) is 21.0. The highest BCUT2D eigenvalue weighted by molar-refractivity contribution is 8.13. The maximum absolute atomic E-state index is 13.6. The molecule has 0 N–H and O–H groups in total. The second kappa shape index (κ2) is 17.1. The lowest BCUT2D eigenvalue weighted by Gasteiger charge is -2.41. The van der Waals surface area contributed by atoms with Gasteiger partial charge in [0.05, 0.1) is 49.0 Å².